The molecule has 1 aliphatic carbocycles. The fourth-order valence-corrected chi connectivity index (χ4v) is 2.20. The molecule has 75 valence electrons. The van der Waals surface area contributed by atoms with E-state index in [-0.39, 0.29) is 12.5 Å². The lowest BCUT2D eigenvalue weighted by molar-refractivity contribution is 0.282. The van der Waals surface area contributed by atoms with E-state index in [0.717, 1.165) is 11.5 Å². The van der Waals surface area contributed by atoms with E-state index < -0.39 is 0 Å². The van der Waals surface area contributed by atoms with Crippen molar-refractivity contribution in [3.05, 3.63) is 40.7 Å². The van der Waals surface area contributed by atoms with Gasteiger partial charge in [-0.15, -0.1) is 0 Å². The first-order valence-corrected chi connectivity index (χ1v) is 5.75. The Morgan fingerprint density at radius 3 is 2.79 bits per heavy atom. The lowest BCUT2D eigenvalue weighted by Crippen LogP contribution is -2.00. The topological polar surface area (TPSA) is 20.2 Å². The summed E-state index contributed by atoms with van der Waals surface area (Å²) in [5.41, 5.74) is 2.52. The number of halogens is 1. The average Bonchev–Trinajstić information content (AvgIpc) is 3.01. The first-order valence-electron chi connectivity index (χ1n) is 4.95. The second kappa shape index (κ2) is 4.03. The summed E-state index contributed by atoms with van der Waals surface area (Å²) < 4.78 is 1.19. The van der Waals surface area contributed by atoms with Crippen LogP contribution in [0.2, 0.25) is 0 Å². The van der Waals surface area contributed by atoms with Crippen molar-refractivity contribution >= 4 is 15.9 Å². The lowest BCUT2D eigenvalue weighted by Gasteiger charge is -2.11. The molecule has 1 fully saturated rings. The number of rotatable bonds is 3. The maximum Gasteiger partial charge on any atom is 0.0499 e. The molecule has 1 nitrogen and oxygen atoms in total. The fraction of sp³-hybridized carbons (Fsp3) is 0.417. The van der Waals surface area contributed by atoms with Crippen molar-refractivity contribution < 1.29 is 5.11 Å². The van der Waals surface area contributed by atoms with Gasteiger partial charge in [-0.1, -0.05) is 28.1 Å². The molecule has 1 aromatic rings. The monoisotopic (exact) mass is 253 g/mol. The van der Waals surface area contributed by atoms with Crippen molar-refractivity contribution in [2.75, 3.05) is 6.61 Å². The number of hydrogen-bond donors (Lipinski definition) is 1. The Morgan fingerprint density at radius 2 is 2.21 bits per heavy atom. The predicted molar refractivity (Wildman–Crippen MR) is 61.3 cm³/mol. The van der Waals surface area contributed by atoms with Gasteiger partial charge in [-0.2, -0.15) is 0 Å². The molecule has 1 saturated carbocycles. The zero-order valence-electron chi connectivity index (χ0n) is 8.04. The second-order valence-corrected chi connectivity index (χ2v) is 4.79. The van der Waals surface area contributed by atoms with E-state index in [4.69, 9.17) is 5.11 Å². The number of aliphatic hydroxyl groups is 1. The van der Waals surface area contributed by atoms with Crippen LogP contribution in [-0.4, -0.2) is 11.7 Å². The molecule has 1 aromatic carbocycles. The Labute approximate surface area is 93.3 Å². The summed E-state index contributed by atoms with van der Waals surface area (Å²) in [5, 5.41) is 9.03. The third-order valence-corrected chi connectivity index (χ3v) is 3.45. The summed E-state index contributed by atoms with van der Waals surface area (Å²) in [6.07, 6.45) is 2.59. The van der Waals surface area contributed by atoms with Crippen LogP contribution in [0.5, 0.6) is 0 Å². The molecule has 14 heavy (non-hydrogen) atoms. The van der Waals surface area contributed by atoms with E-state index in [1.165, 1.54) is 22.9 Å². The van der Waals surface area contributed by atoms with Crippen LogP contribution in [0.4, 0.5) is 0 Å². The molecule has 0 aliphatic heterocycles. The first-order chi connectivity index (χ1) is 6.72. The summed E-state index contributed by atoms with van der Waals surface area (Å²) >= 11 is 3.56. The number of aliphatic hydroxyl groups excluding tert-OH is 1. The molecule has 0 aromatic heterocycles. The predicted octanol–water partition coefficient (Wildman–Crippen LogP) is 3.24. The van der Waals surface area contributed by atoms with E-state index in [1.807, 2.05) is 6.07 Å². The molecule has 1 radical (unpaired) electrons. The van der Waals surface area contributed by atoms with Crippen molar-refractivity contribution in [3.63, 3.8) is 0 Å². The summed E-state index contributed by atoms with van der Waals surface area (Å²) in [7, 11) is 0. The lowest BCUT2D eigenvalue weighted by atomic mass is 9.98. The van der Waals surface area contributed by atoms with Gasteiger partial charge in [-0.05, 0) is 42.9 Å². The zero-order valence-corrected chi connectivity index (χ0v) is 9.63. The highest BCUT2D eigenvalue weighted by Gasteiger charge is 2.26. The minimum Gasteiger partial charge on any atom is -0.396 e. The molecule has 0 saturated heterocycles. The van der Waals surface area contributed by atoms with Crippen molar-refractivity contribution in [2.24, 2.45) is 0 Å². The zero-order chi connectivity index (χ0) is 10.1. The molecular formula is C12H14BrO. The van der Waals surface area contributed by atoms with Crippen LogP contribution in [-0.2, 0) is 0 Å². The molecule has 1 unspecified atom stereocenters. The van der Waals surface area contributed by atoms with Gasteiger partial charge in [-0.3, -0.25) is 0 Å². The second-order valence-electron chi connectivity index (χ2n) is 3.93. The van der Waals surface area contributed by atoms with Gasteiger partial charge >= 0.3 is 0 Å². The quantitative estimate of drug-likeness (QED) is 0.877. The number of hydrogen-bond acceptors (Lipinski definition) is 1. The third-order valence-electron chi connectivity index (χ3n) is 2.73. The van der Waals surface area contributed by atoms with Crippen LogP contribution < -0.4 is 0 Å². The Morgan fingerprint density at radius 1 is 1.50 bits per heavy atom. The van der Waals surface area contributed by atoms with Crippen LogP contribution in [0.25, 0.3) is 0 Å². The van der Waals surface area contributed by atoms with Crippen molar-refractivity contribution in [2.45, 2.75) is 24.7 Å². The Balaban J connectivity index is 2.30. The van der Waals surface area contributed by atoms with Crippen molar-refractivity contribution in [1.82, 2.24) is 0 Å². The van der Waals surface area contributed by atoms with Gasteiger partial charge in [0.15, 0.2) is 0 Å². The van der Waals surface area contributed by atoms with E-state index in [9.17, 15) is 0 Å². The highest BCUT2D eigenvalue weighted by molar-refractivity contribution is 9.10. The van der Waals surface area contributed by atoms with Crippen LogP contribution in [0.3, 0.4) is 0 Å². The first kappa shape index (κ1) is 10.2. The van der Waals surface area contributed by atoms with Gasteiger partial charge in [0.2, 0.25) is 0 Å². The van der Waals surface area contributed by atoms with E-state index in [1.54, 1.807) is 0 Å². The maximum absolute atomic E-state index is 9.03. The minimum absolute atomic E-state index is 0.000556. The molecule has 0 bridgehead atoms. The van der Waals surface area contributed by atoms with Crippen LogP contribution >= 0.6 is 15.9 Å². The maximum atomic E-state index is 9.03. The Bertz CT molecular complexity index is 331. The van der Waals surface area contributed by atoms with Gasteiger partial charge in [0.25, 0.3) is 0 Å². The normalized spacial score (nSPS) is 18.2. The largest absolute Gasteiger partial charge is 0.396 e. The van der Waals surface area contributed by atoms with Gasteiger partial charge in [-0.25, -0.2) is 0 Å². The van der Waals surface area contributed by atoms with E-state index in [2.05, 4.69) is 35.0 Å². The van der Waals surface area contributed by atoms with E-state index >= 15 is 0 Å². The van der Waals surface area contributed by atoms with Gasteiger partial charge in [0.1, 0.15) is 0 Å². The highest BCUT2D eigenvalue weighted by Crippen LogP contribution is 2.44. The van der Waals surface area contributed by atoms with Crippen LogP contribution in [0, 0.1) is 6.92 Å². The molecule has 2 heteroatoms. The molecule has 0 spiro atoms. The van der Waals surface area contributed by atoms with E-state index in [0.29, 0.717) is 0 Å². The summed E-state index contributed by atoms with van der Waals surface area (Å²) in [6, 6.07) is 6.27. The smallest absolute Gasteiger partial charge is 0.0499 e. The molecule has 1 atom stereocenters. The Kier molecular flexibility index (Phi) is 2.93. The summed E-state index contributed by atoms with van der Waals surface area (Å²) in [6.45, 7) is 4.03. The minimum atomic E-state index is 0.000556. The van der Waals surface area contributed by atoms with Crippen LogP contribution in [0.15, 0.2) is 22.7 Å². The standard InChI is InChI=1S/C12H14BrO/c1-8(7-14)10-4-5-12(13)11(6-10)9-2-3-9/h4-6,8-9,14H,1-3,7H2. The molecule has 1 N–H and O–H groups in total. The molecule has 0 amide bonds. The third kappa shape index (κ3) is 2.01. The average molecular weight is 254 g/mol. The molecule has 1 aliphatic rings. The fourth-order valence-electron chi connectivity index (χ4n) is 1.63. The molecule has 2 rings (SSSR count). The number of benzene rings is 1. The molecule has 0 heterocycles. The van der Waals surface area contributed by atoms with Gasteiger partial charge in [0.05, 0.1) is 0 Å². The Hall–Kier alpha value is -0.340. The highest BCUT2D eigenvalue weighted by atomic mass is 79.9. The van der Waals surface area contributed by atoms with Crippen molar-refractivity contribution in [3.8, 4) is 0 Å². The SMILES string of the molecule is [CH2]C(CO)c1ccc(Br)c(C2CC2)c1. The molecular weight excluding hydrogens is 240 g/mol. The van der Waals surface area contributed by atoms with Crippen molar-refractivity contribution in [1.29, 1.82) is 0 Å². The van der Waals surface area contributed by atoms with Gasteiger partial charge in [0, 0.05) is 17.0 Å². The summed E-state index contributed by atoms with van der Waals surface area (Å²) in [4.78, 5) is 0. The van der Waals surface area contributed by atoms with Crippen LogP contribution in [0.1, 0.15) is 35.8 Å². The van der Waals surface area contributed by atoms with Gasteiger partial charge < -0.3 is 5.11 Å². The summed E-state index contributed by atoms with van der Waals surface area (Å²) in [5.74, 6) is 0.732.